The molecule has 1 aromatic rings. The van der Waals surface area contributed by atoms with Gasteiger partial charge in [-0.25, -0.2) is 18.1 Å². The zero-order valence-electron chi connectivity index (χ0n) is 11.7. The fraction of sp³-hybridized carbons (Fsp3) is 0.385. The molecule has 0 aliphatic carbocycles. The average Bonchev–Trinajstić information content (AvgIpc) is 2.71. The second-order valence-electron chi connectivity index (χ2n) is 4.79. The van der Waals surface area contributed by atoms with Crippen LogP contribution in [-0.4, -0.2) is 45.5 Å². The lowest BCUT2D eigenvalue weighted by molar-refractivity contribution is -0.118. The van der Waals surface area contributed by atoms with Gasteiger partial charge in [-0.3, -0.25) is 4.79 Å². The first-order valence-corrected chi connectivity index (χ1v) is 8.34. The van der Waals surface area contributed by atoms with Crippen molar-refractivity contribution in [2.24, 2.45) is 0 Å². The van der Waals surface area contributed by atoms with Crippen molar-refractivity contribution in [1.29, 1.82) is 0 Å². The molecule has 1 unspecified atom stereocenters. The lowest BCUT2D eigenvalue weighted by Gasteiger charge is -2.13. The number of nitrogens with zero attached hydrogens (tertiary/aromatic N) is 1. The molecular weight excluding hydrogens is 296 g/mol. The maximum Gasteiger partial charge on any atom is 0.329 e. The van der Waals surface area contributed by atoms with Crippen LogP contribution >= 0.6 is 0 Å². The van der Waals surface area contributed by atoms with Crippen molar-refractivity contribution < 1.29 is 22.7 Å². The number of imide groups is 1. The number of carbonyl (C=O) groups excluding carboxylic acids is 2. The number of amides is 3. The van der Waals surface area contributed by atoms with Crippen molar-refractivity contribution in [3.05, 3.63) is 24.3 Å². The number of anilines is 1. The van der Waals surface area contributed by atoms with E-state index in [-0.39, 0.29) is 12.2 Å². The van der Waals surface area contributed by atoms with Gasteiger partial charge in [0, 0.05) is 6.26 Å². The number of benzene rings is 1. The van der Waals surface area contributed by atoms with Gasteiger partial charge in [-0.05, 0) is 30.7 Å². The topological polar surface area (TPSA) is 92.8 Å². The molecule has 2 rings (SSSR count). The number of sulfone groups is 1. The summed E-state index contributed by atoms with van der Waals surface area (Å²) in [5.41, 5.74) is 0.417. The molecule has 1 fully saturated rings. The molecule has 21 heavy (non-hydrogen) atoms. The van der Waals surface area contributed by atoms with Crippen molar-refractivity contribution in [3.63, 3.8) is 0 Å². The molecule has 8 heteroatoms. The van der Waals surface area contributed by atoms with Crippen LogP contribution in [0, 0.1) is 0 Å². The van der Waals surface area contributed by atoms with Gasteiger partial charge >= 0.3 is 6.03 Å². The largest absolute Gasteiger partial charge is 0.497 e. The average molecular weight is 312 g/mol. The van der Waals surface area contributed by atoms with E-state index in [1.807, 2.05) is 0 Å². The molecule has 0 radical (unpaired) electrons. The van der Waals surface area contributed by atoms with Crippen molar-refractivity contribution in [2.45, 2.75) is 12.5 Å². The van der Waals surface area contributed by atoms with E-state index < -0.39 is 27.8 Å². The zero-order chi connectivity index (χ0) is 15.6. The Morgan fingerprint density at radius 3 is 2.38 bits per heavy atom. The summed E-state index contributed by atoms with van der Waals surface area (Å²) in [6.45, 7) is 0. The molecule has 1 heterocycles. The van der Waals surface area contributed by atoms with Crippen LogP contribution in [0.3, 0.4) is 0 Å². The van der Waals surface area contributed by atoms with E-state index in [2.05, 4.69) is 5.32 Å². The number of ether oxygens (including phenoxy) is 1. The van der Waals surface area contributed by atoms with Crippen LogP contribution in [0.2, 0.25) is 0 Å². The summed E-state index contributed by atoms with van der Waals surface area (Å²) in [5.74, 6) is 0.00777. The molecule has 1 aliphatic heterocycles. The Morgan fingerprint density at radius 2 is 1.86 bits per heavy atom. The lowest BCUT2D eigenvalue weighted by atomic mass is 10.2. The maximum atomic E-state index is 12.2. The predicted octanol–water partition coefficient (Wildman–Crippen LogP) is 0.555. The Balaban J connectivity index is 2.14. The van der Waals surface area contributed by atoms with E-state index in [0.717, 1.165) is 11.2 Å². The van der Waals surface area contributed by atoms with E-state index in [1.54, 1.807) is 24.3 Å². The third-order valence-electron chi connectivity index (χ3n) is 3.13. The fourth-order valence-corrected chi connectivity index (χ4v) is 2.70. The molecule has 1 saturated heterocycles. The van der Waals surface area contributed by atoms with Gasteiger partial charge in [-0.2, -0.15) is 0 Å². The number of methoxy groups -OCH3 is 1. The molecule has 0 aromatic heterocycles. The molecule has 0 saturated carbocycles. The number of urea groups is 1. The number of rotatable bonds is 5. The fourth-order valence-electron chi connectivity index (χ4n) is 2.03. The van der Waals surface area contributed by atoms with E-state index in [4.69, 9.17) is 4.74 Å². The summed E-state index contributed by atoms with van der Waals surface area (Å²) in [7, 11) is -1.66. The minimum Gasteiger partial charge on any atom is -0.497 e. The summed E-state index contributed by atoms with van der Waals surface area (Å²) >= 11 is 0. The van der Waals surface area contributed by atoms with Crippen molar-refractivity contribution in [3.8, 4) is 5.75 Å². The van der Waals surface area contributed by atoms with Gasteiger partial charge < -0.3 is 10.1 Å². The number of carbonyl (C=O) groups is 2. The van der Waals surface area contributed by atoms with Gasteiger partial charge in [0.15, 0.2) is 0 Å². The number of nitrogens with one attached hydrogen (secondary N) is 1. The summed E-state index contributed by atoms with van der Waals surface area (Å²) in [4.78, 5) is 25.1. The smallest absolute Gasteiger partial charge is 0.329 e. The standard InChI is InChI=1S/C13H16N2O5S/c1-20-10-5-3-9(4-6-10)15-12(16)11(14-13(15)17)7-8-21(2,18)19/h3-6,11H,7-8H2,1-2H3,(H,14,17). The van der Waals surface area contributed by atoms with Gasteiger partial charge in [0.1, 0.15) is 21.6 Å². The SMILES string of the molecule is COc1ccc(N2C(=O)NC(CCS(C)(=O)=O)C2=O)cc1. The van der Waals surface area contributed by atoms with E-state index in [1.165, 1.54) is 7.11 Å². The molecule has 1 aromatic carbocycles. The van der Waals surface area contributed by atoms with E-state index in [9.17, 15) is 18.0 Å². The summed E-state index contributed by atoms with van der Waals surface area (Å²) in [6.07, 6.45) is 1.16. The normalized spacial score (nSPS) is 18.8. The Morgan fingerprint density at radius 1 is 1.24 bits per heavy atom. The first-order chi connectivity index (χ1) is 9.81. The van der Waals surface area contributed by atoms with Crippen LogP contribution in [-0.2, 0) is 14.6 Å². The van der Waals surface area contributed by atoms with E-state index >= 15 is 0 Å². The van der Waals surface area contributed by atoms with Crippen LogP contribution in [0.25, 0.3) is 0 Å². The van der Waals surface area contributed by atoms with Crippen molar-refractivity contribution in [1.82, 2.24) is 5.32 Å². The second-order valence-corrected chi connectivity index (χ2v) is 7.05. The van der Waals surface area contributed by atoms with Crippen LogP contribution in [0.4, 0.5) is 10.5 Å². The van der Waals surface area contributed by atoms with Gasteiger partial charge in [-0.15, -0.1) is 0 Å². The molecule has 0 spiro atoms. The van der Waals surface area contributed by atoms with Gasteiger partial charge in [0.2, 0.25) is 0 Å². The first-order valence-electron chi connectivity index (χ1n) is 6.28. The Labute approximate surface area is 122 Å². The minimum atomic E-state index is -3.18. The van der Waals surface area contributed by atoms with Crippen LogP contribution in [0.1, 0.15) is 6.42 Å². The Kier molecular flexibility index (Phi) is 4.17. The summed E-state index contributed by atoms with van der Waals surface area (Å²) in [6, 6.07) is 5.10. The molecule has 0 bridgehead atoms. The lowest BCUT2D eigenvalue weighted by Crippen LogP contribution is -2.32. The third-order valence-corrected chi connectivity index (χ3v) is 4.10. The first kappa shape index (κ1) is 15.3. The molecular formula is C13H16N2O5S. The Hall–Kier alpha value is -2.09. The molecule has 114 valence electrons. The number of hydrogen-bond acceptors (Lipinski definition) is 5. The molecule has 1 N–H and O–H groups in total. The van der Waals surface area contributed by atoms with E-state index in [0.29, 0.717) is 11.4 Å². The molecule has 7 nitrogen and oxygen atoms in total. The zero-order valence-corrected chi connectivity index (χ0v) is 12.5. The minimum absolute atomic E-state index is 0.0655. The Bertz CT molecular complexity index is 654. The highest BCUT2D eigenvalue weighted by atomic mass is 32.2. The highest BCUT2D eigenvalue weighted by Gasteiger charge is 2.39. The molecule has 1 atom stereocenters. The van der Waals surface area contributed by atoms with Crippen molar-refractivity contribution in [2.75, 3.05) is 24.0 Å². The molecule has 3 amide bonds. The van der Waals surface area contributed by atoms with Crippen LogP contribution < -0.4 is 15.0 Å². The summed E-state index contributed by atoms with van der Waals surface area (Å²) in [5, 5.41) is 2.50. The predicted molar refractivity (Wildman–Crippen MR) is 77.1 cm³/mol. The quantitative estimate of drug-likeness (QED) is 0.802. The van der Waals surface area contributed by atoms with Gasteiger partial charge in [0.05, 0.1) is 18.6 Å². The van der Waals surface area contributed by atoms with Crippen LogP contribution in [0.15, 0.2) is 24.3 Å². The van der Waals surface area contributed by atoms with Gasteiger partial charge in [-0.1, -0.05) is 0 Å². The summed E-state index contributed by atoms with van der Waals surface area (Å²) < 4.78 is 27.3. The highest BCUT2D eigenvalue weighted by Crippen LogP contribution is 2.23. The molecule has 1 aliphatic rings. The maximum absolute atomic E-state index is 12.2. The monoisotopic (exact) mass is 312 g/mol. The van der Waals surface area contributed by atoms with Crippen molar-refractivity contribution >= 4 is 27.5 Å². The highest BCUT2D eigenvalue weighted by molar-refractivity contribution is 7.90. The van der Waals surface area contributed by atoms with Crippen LogP contribution in [0.5, 0.6) is 5.75 Å². The third kappa shape index (κ3) is 3.52. The number of hydrogen-bond donors (Lipinski definition) is 1. The van der Waals surface area contributed by atoms with Gasteiger partial charge in [0.25, 0.3) is 5.91 Å². The second kappa shape index (κ2) is 5.72.